The van der Waals surface area contributed by atoms with E-state index in [1.807, 2.05) is 0 Å². The van der Waals surface area contributed by atoms with Crippen molar-refractivity contribution in [3.05, 3.63) is 69.3 Å². The Morgan fingerprint density at radius 1 is 1.11 bits per heavy atom. The minimum Gasteiger partial charge on any atom is -0.452 e. The van der Waals surface area contributed by atoms with Gasteiger partial charge in [0.1, 0.15) is 5.69 Å². The maximum absolute atomic E-state index is 12.9. The molecular formula is C19H19N3O6. The minimum atomic E-state index is -0.833. The second-order valence-electron chi connectivity index (χ2n) is 5.98. The van der Waals surface area contributed by atoms with Crippen molar-refractivity contribution in [2.75, 3.05) is 33.1 Å². The first-order chi connectivity index (χ1) is 13.3. The lowest BCUT2D eigenvalue weighted by molar-refractivity contribution is -0.384. The van der Waals surface area contributed by atoms with Crippen LogP contribution in [0.5, 0.6) is 0 Å². The number of nitro groups is 1. The molecule has 28 heavy (non-hydrogen) atoms. The highest BCUT2D eigenvalue weighted by Crippen LogP contribution is 2.27. The average molecular weight is 385 g/mol. The lowest BCUT2D eigenvalue weighted by Crippen LogP contribution is -2.28. The Morgan fingerprint density at radius 3 is 2.32 bits per heavy atom. The van der Waals surface area contributed by atoms with E-state index in [1.165, 1.54) is 50.3 Å². The van der Waals surface area contributed by atoms with Gasteiger partial charge in [-0.05, 0) is 18.2 Å². The lowest BCUT2D eigenvalue weighted by atomic mass is 9.97. The number of rotatable bonds is 7. The molecule has 0 saturated heterocycles. The van der Waals surface area contributed by atoms with Gasteiger partial charge in [-0.3, -0.25) is 19.7 Å². The highest BCUT2D eigenvalue weighted by molar-refractivity contribution is 6.15. The van der Waals surface area contributed by atoms with Crippen molar-refractivity contribution < 1.29 is 24.0 Å². The fourth-order valence-corrected chi connectivity index (χ4v) is 2.38. The van der Waals surface area contributed by atoms with Crippen LogP contribution in [0.3, 0.4) is 0 Å². The van der Waals surface area contributed by atoms with E-state index < -0.39 is 29.2 Å². The zero-order valence-corrected chi connectivity index (χ0v) is 15.6. The molecule has 2 aromatic rings. The van der Waals surface area contributed by atoms with Crippen LogP contribution in [0.25, 0.3) is 0 Å². The molecule has 0 spiro atoms. The average Bonchev–Trinajstić information content (AvgIpc) is 2.70. The van der Waals surface area contributed by atoms with Crippen molar-refractivity contribution in [1.29, 1.82) is 0 Å². The molecule has 9 heteroatoms. The van der Waals surface area contributed by atoms with Gasteiger partial charge in [-0.2, -0.15) is 0 Å². The number of esters is 1. The molecule has 0 aliphatic carbocycles. The molecule has 9 nitrogen and oxygen atoms in total. The molecule has 0 aliphatic heterocycles. The molecule has 0 unspecified atom stereocenters. The van der Waals surface area contributed by atoms with Crippen LogP contribution in [0.1, 0.15) is 26.3 Å². The zero-order chi connectivity index (χ0) is 20.8. The Balaban J connectivity index is 2.35. The summed E-state index contributed by atoms with van der Waals surface area (Å²) in [5, 5.41) is 13.9. The molecule has 1 amide bonds. The van der Waals surface area contributed by atoms with Crippen molar-refractivity contribution in [2.24, 2.45) is 0 Å². The van der Waals surface area contributed by atoms with E-state index in [2.05, 4.69) is 5.32 Å². The number of anilines is 1. The number of nitrogens with zero attached hydrogens (tertiary/aromatic N) is 2. The molecule has 0 aliphatic rings. The largest absolute Gasteiger partial charge is 0.452 e. The molecule has 0 atom stereocenters. The predicted octanol–water partition coefficient (Wildman–Crippen LogP) is 2.11. The summed E-state index contributed by atoms with van der Waals surface area (Å²) in [5.74, 6) is -1.81. The summed E-state index contributed by atoms with van der Waals surface area (Å²) in [6.07, 6.45) is 0. The number of ether oxygens (including phenoxy) is 1. The summed E-state index contributed by atoms with van der Waals surface area (Å²) < 4.78 is 4.98. The Kier molecular flexibility index (Phi) is 6.43. The number of carbonyl (C=O) groups excluding carboxylic acids is 3. The SMILES string of the molecule is CNc1ccc(C(=O)c2ccccc2C(=O)OCC(=O)N(C)C)cc1[N+](=O)[O-]. The van der Waals surface area contributed by atoms with Gasteiger partial charge in [-0.1, -0.05) is 18.2 Å². The third-order valence-electron chi connectivity index (χ3n) is 3.94. The van der Waals surface area contributed by atoms with E-state index in [-0.39, 0.29) is 28.1 Å². The molecule has 0 bridgehead atoms. The van der Waals surface area contributed by atoms with Crippen LogP contribution in [-0.2, 0) is 9.53 Å². The van der Waals surface area contributed by atoms with E-state index in [1.54, 1.807) is 12.1 Å². The number of ketones is 1. The van der Waals surface area contributed by atoms with Gasteiger partial charge in [0.2, 0.25) is 0 Å². The van der Waals surface area contributed by atoms with Crippen molar-refractivity contribution in [2.45, 2.75) is 0 Å². The number of nitro benzene ring substituents is 1. The van der Waals surface area contributed by atoms with Gasteiger partial charge in [0.15, 0.2) is 12.4 Å². The predicted molar refractivity (Wildman–Crippen MR) is 101 cm³/mol. The molecule has 0 aromatic heterocycles. The molecular weight excluding hydrogens is 366 g/mol. The normalized spacial score (nSPS) is 10.1. The van der Waals surface area contributed by atoms with Crippen molar-refractivity contribution in [3.8, 4) is 0 Å². The standard InChI is InChI=1S/C19H19N3O6/c1-20-15-9-8-12(10-16(15)22(26)27)18(24)13-6-4-5-7-14(13)19(25)28-11-17(23)21(2)3/h4-10,20H,11H2,1-3H3. The van der Waals surface area contributed by atoms with Crippen LogP contribution in [-0.4, -0.2) is 55.2 Å². The molecule has 0 heterocycles. The fraction of sp³-hybridized carbons (Fsp3) is 0.211. The number of carbonyl (C=O) groups is 3. The molecule has 2 aromatic carbocycles. The van der Waals surface area contributed by atoms with Gasteiger partial charge in [-0.15, -0.1) is 0 Å². The molecule has 146 valence electrons. The molecule has 2 rings (SSSR count). The van der Waals surface area contributed by atoms with Crippen molar-refractivity contribution in [1.82, 2.24) is 4.90 Å². The summed E-state index contributed by atoms with van der Waals surface area (Å²) in [6.45, 7) is -0.462. The smallest absolute Gasteiger partial charge is 0.339 e. The van der Waals surface area contributed by atoms with Gasteiger partial charge in [0, 0.05) is 38.3 Å². The Bertz CT molecular complexity index is 939. The third kappa shape index (κ3) is 4.50. The molecule has 0 saturated carbocycles. The summed E-state index contributed by atoms with van der Waals surface area (Å²) in [5.41, 5.74) is 0.0486. The summed E-state index contributed by atoms with van der Waals surface area (Å²) in [4.78, 5) is 48.7. The van der Waals surface area contributed by atoms with Crippen LogP contribution in [0.15, 0.2) is 42.5 Å². The maximum atomic E-state index is 12.9. The Hall–Kier alpha value is -3.75. The molecule has 0 radical (unpaired) electrons. The quantitative estimate of drug-likeness (QED) is 0.335. The van der Waals surface area contributed by atoms with Crippen LogP contribution >= 0.6 is 0 Å². The Morgan fingerprint density at radius 2 is 1.75 bits per heavy atom. The summed E-state index contributed by atoms with van der Waals surface area (Å²) >= 11 is 0. The van der Waals surface area contributed by atoms with Crippen LogP contribution in [0, 0.1) is 10.1 Å². The van der Waals surface area contributed by atoms with Crippen LogP contribution in [0.2, 0.25) is 0 Å². The van der Waals surface area contributed by atoms with E-state index >= 15 is 0 Å². The van der Waals surface area contributed by atoms with E-state index in [4.69, 9.17) is 4.74 Å². The number of amides is 1. The van der Waals surface area contributed by atoms with E-state index in [0.29, 0.717) is 0 Å². The second-order valence-corrected chi connectivity index (χ2v) is 5.98. The van der Waals surface area contributed by atoms with Crippen molar-refractivity contribution >= 4 is 29.0 Å². The highest BCUT2D eigenvalue weighted by atomic mass is 16.6. The van der Waals surface area contributed by atoms with Gasteiger partial charge >= 0.3 is 5.97 Å². The maximum Gasteiger partial charge on any atom is 0.339 e. The molecule has 0 fully saturated rings. The first-order valence-corrected chi connectivity index (χ1v) is 8.23. The number of hydrogen-bond acceptors (Lipinski definition) is 7. The van der Waals surface area contributed by atoms with Gasteiger partial charge in [0.25, 0.3) is 11.6 Å². The fourth-order valence-electron chi connectivity index (χ4n) is 2.38. The van der Waals surface area contributed by atoms with E-state index in [9.17, 15) is 24.5 Å². The molecule has 1 N–H and O–H groups in total. The van der Waals surface area contributed by atoms with Gasteiger partial charge in [0.05, 0.1) is 10.5 Å². The first kappa shape index (κ1) is 20.6. The second kappa shape index (κ2) is 8.76. The highest BCUT2D eigenvalue weighted by Gasteiger charge is 2.23. The van der Waals surface area contributed by atoms with Crippen molar-refractivity contribution in [3.63, 3.8) is 0 Å². The Labute approximate surface area is 161 Å². The number of likely N-dealkylation sites (N-methyl/N-ethyl adjacent to an activating group) is 1. The third-order valence-corrected chi connectivity index (χ3v) is 3.94. The first-order valence-electron chi connectivity index (χ1n) is 8.23. The van der Waals surface area contributed by atoms with Gasteiger partial charge in [-0.25, -0.2) is 4.79 Å². The summed E-state index contributed by atoms with van der Waals surface area (Å²) in [6, 6.07) is 9.92. The topological polar surface area (TPSA) is 119 Å². The number of hydrogen-bond donors (Lipinski definition) is 1. The minimum absolute atomic E-state index is 0.0244. The van der Waals surface area contributed by atoms with Crippen LogP contribution in [0.4, 0.5) is 11.4 Å². The van der Waals surface area contributed by atoms with Crippen LogP contribution < -0.4 is 5.32 Å². The monoisotopic (exact) mass is 385 g/mol. The van der Waals surface area contributed by atoms with E-state index in [0.717, 1.165) is 6.07 Å². The summed E-state index contributed by atoms with van der Waals surface area (Å²) in [7, 11) is 4.58. The number of benzene rings is 2. The van der Waals surface area contributed by atoms with Gasteiger partial charge < -0.3 is 15.0 Å². The lowest BCUT2D eigenvalue weighted by Gasteiger charge is -2.12. The zero-order valence-electron chi connectivity index (χ0n) is 15.6. The number of nitrogens with one attached hydrogen (secondary N) is 1.